The van der Waals surface area contributed by atoms with E-state index in [0.29, 0.717) is 54.1 Å². The lowest BCUT2D eigenvalue weighted by molar-refractivity contribution is -0.118. The summed E-state index contributed by atoms with van der Waals surface area (Å²) in [5, 5.41) is 6.17. The molecular weight excluding hydrogens is 446 g/mol. The third kappa shape index (κ3) is 6.19. The molecule has 0 unspecified atom stereocenters. The number of ether oxygens (including phenoxy) is 1. The molecule has 2 amide bonds. The van der Waals surface area contributed by atoms with Gasteiger partial charge < -0.3 is 30.1 Å². The molecule has 2 N–H and O–H groups in total. The van der Waals surface area contributed by atoms with Crippen LogP contribution in [-0.2, 0) is 4.79 Å². The van der Waals surface area contributed by atoms with Crippen molar-refractivity contribution in [2.24, 2.45) is 5.92 Å². The second-order valence-electron chi connectivity index (χ2n) is 9.45. The number of nitrogens with zero attached hydrogens (tertiary/aromatic N) is 5. The van der Waals surface area contributed by atoms with E-state index in [0.717, 1.165) is 25.3 Å². The number of carbonyl (C=O) groups excluding carboxylic acids is 2. The SMILES string of the molecule is COc1cc(C(=O)NCCCN(C)C)ccc1Nc1ncc2c(n1)N(CC1CC1)CCC(=O)N2C. The zero-order chi connectivity index (χ0) is 24.9. The Bertz CT molecular complexity index is 1070. The van der Waals surface area contributed by atoms with E-state index in [9.17, 15) is 9.59 Å². The van der Waals surface area contributed by atoms with Gasteiger partial charge in [0.2, 0.25) is 11.9 Å². The van der Waals surface area contributed by atoms with Crippen LogP contribution in [0.15, 0.2) is 24.4 Å². The van der Waals surface area contributed by atoms with E-state index in [4.69, 9.17) is 9.72 Å². The summed E-state index contributed by atoms with van der Waals surface area (Å²) in [6.45, 7) is 3.06. The highest BCUT2D eigenvalue weighted by molar-refractivity contribution is 5.97. The fourth-order valence-electron chi connectivity index (χ4n) is 4.08. The monoisotopic (exact) mass is 481 g/mol. The maximum Gasteiger partial charge on any atom is 0.251 e. The minimum absolute atomic E-state index is 0.0612. The molecule has 1 aliphatic heterocycles. The van der Waals surface area contributed by atoms with Gasteiger partial charge >= 0.3 is 0 Å². The first kappa shape index (κ1) is 24.7. The molecule has 0 saturated heterocycles. The summed E-state index contributed by atoms with van der Waals surface area (Å²) in [6.07, 6.45) is 5.46. The molecule has 4 rings (SSSR count). The minimum atomic E-state index is -0.140. The first-order chi connectivity index (χ1) is 16.9. The molecule has 188 valence electrons. The summed E-state index contributed by atoms with van der Waals surface area (Å²) in [4.78, 5) is 40.2. The van der Waals surface area contributed by atoms with Crippen molar-refractivity contribution in [3.05, 3.63) is 30.0 Å². The number of methoxy groups -OCH3 is 1. The molecule has 2 aliphatic rings. The largest absolute Gasteiger partial charge is 0.495 e. The van der Waals surface area contributed by atoms with Crippen LogP contribution in [0.25, 0.3) is 0 Å². The fourth-order valence-corrected chi connectivity index (χ4v) is 4.08. The zero-order valence-electron chi connectivity index (χ0n) is 21.0. The van der Waals surface area contributed by atoms with Gasteiger partial charge in [-0.2, -0.15) is 4.98 Å². The van der Waals surface area contributed by atoms with Crippen LogP contribution in [0, 0.1) is 5.92 Å². The molecule has 10 nitrogen and oxygen atoms in total. The van der Waals surface area contributed by atoms with Gasteiger partial charge in [0.25, 0.3) is 5.91 Å². The molecule has 1 aliphatic carbocycles. The Labute approximate surface area is 206 Å². The Morgan fingerprint density at radius 1 is 1.29 bits per heavy atom. The van der Waals surface area contributed by atoms with Gasteiger partial charge in [0.15, 0.2) is 5.82 Å². The summed E-state index contributed by atoms with van der Waals surface area (Å²) in [5.74, 6) is 2.27. The molecule has 0 bridgehead atoms. The van der Waals surface area contributed by atoms with E-state index in [-0.39, 0.29) is 11.8 Å². The Hall–Kier alpha value is -3.40. The van der Waals surface area contributed by atoms with Crippen molar-refractivity contribution in [3.63, 3.8) is 0 Å². The van der Waals surface area contributed by atoms with Crippen LogP contribution >= 0.6 is 0 Å². The average molecular weight is 482 g/mol. The lowest BCUT2D eigenvalue weighted by atomic mass is 10.1. The molecule has 2 aromatic rings. The molecule has 1 aromatic carbocycles. The van der Waals surface area contributed by atoms with E-state index in [1.165, 1.54) is 12.8 Å². The number of aromatic nitrogens is 2. The normalized spacial score (nSPS) is 15.6. The summed E-state index contributed by atoms with van der Waals surface area (Å²) in [5.41, 5.74) is 1.89. The number of carbonyl (C=O) groups is 2. The summed E-state index contributed by atoms with van der Waals surface area (Å²) >= 11 is 0. The highest BCUT2D eigenvalue weighted by Gasteiger charge is 2.30. The van der Waals surface area contributed by atoms with Gasteiger partial charge in [-0.1, -0.05) is 0 Å². The predicted molar refractivity (Wildman–Crippen MR) is 137 cm³/mol. The van der Waals surface area contributed by atoms with Gasteiger partial charge in [-0.25, -0.2) is 4.98 Å². The standard InChI is InChI=1S/C25H35N7O3/c1-30(2)12-5-11-26-24(34)18-8-9-19(21(14-18)35-4)28-25-27-15-20-23(29-25)32(16-17-6-7-17)13-10-22(33)31(20)3/h8-9,14-15,17H,5-7,10-13,16H2,1-4H3,(H,26,34)(H,27,28,29). The van der Waals surface area contributed by atoms with Crippen LogP contribution in [0.4, 0.5) is 23.1 Å². The second kappa shape index (κ2) is 10.9. The summed E-state index contributed by atoms with van der Waals surface area (Å²) in [7, 11) is 7.35. The fraction of sp³-hybridized carbons (Fsp3) is 0.520. The highest BCUT2D eigenvalue weighted by atomic mass is 16.5. The number of anilines is 4. The lowest BCUT2D eigenvalue weighted by Gasteiger charge is -2.24. The predicted octanol–water partition coefficient (Wildman–Crippen LogP) is 2.49. The van der Waals surface area contributed by atoms with E-state index in [1.807, 2.05) is 14.1 Å². The van der Waals surface area contributed by atoms with Gasteiger partial charge in [0.05, 0.1) is 19.0 Å². The maximum absolute atomic E-state index is 12.5. The zero-order valence-corrected chi connectivity index (χ0v) is 21.0. The van der Waals surface area contributed by atoms with E-state index in [1.54, 1.807) is 43.5 Å². The molecule has 1 fully saturated rings. The molecule has 1 saturated carbocycles. The van der Waals surface area contributed by atoms with Crippen molar-refractivity contribution in [2.75, 3.05) is 69.5 Å². The molecule has 35 heavy (non-hydrogen) atoms. The molecule has 10 heteroatoms. The third-order valence-electron chi connectivity index (χ3n) is 6.33. The number of nitrogens with one attached hydrogen (secondary N) is 2. The van der Waals surface area contributed by atoms with Crippen molar-refractivity contribution in [3.8, 4) is 5.75 Å². The minimum Gasteiger partial charge on any atom is -0.495 e. The summed E-state index contributed by atoms with van der Waals surface area (Å²) < 4.78 is 5.54. The maximum atomic E-state index is 12.5. The van der Waals surface area contributed by atoms with Gasteiger partial charge in [0.1, 0.15) is 11.4 Å². The Morgan fingerprint density at radius 2 is 2.09 bits per heavy atom. The van der Waals surface area contributed by atoms with Crippen LogP contribution < -0.4 is 25.2 Å². The van der Waals surface area contributed by atoms with E-state index >= 15 is 0 Å². The topological polar surface area (TPSA) is 103 Å². The number of rotatable bonds is 10. The first-order valence-electron chi connectivity index (χ1n) is 12.1. The first-order valence-corrected chi connectivity index (χ1v) is 12.1. The van der Waals surface area contributed by atoms with Gasteiger partial charge in [0, 0.05) is 38.7 Å². The van der Waals surface area contributed by atoms with Crippen molar-refractivity contribution in [2.45, 2.75) is 25.7 Å². The van der Waals surface area contributed by atoms with Gasteiger partial charge in [-0.3, -0.25) is 9.59 Å². The number of hydrogen-bond donors (Lipinski definition) is 2. The second-order valence-corrected chi connectivity index (χ2v) is 9.45. The molecule has 2 heterocycles. The average Bonchev–Trinajstić information content (AvgIpc) is 3.68. The van der Waals surface area contributed by atoms with Gasteiger partial charge in [-0.15, -0.1) is 0 Å². The molecular formula is C25H35N7O3. The molecule has 1 aromatic heterocycles. The lowest BCUT2D eigenvalue weighted by Crippen LogP contribution is -2.28. The third-order valence-corrected chi connectivity index (χ3v) is 6.33. The molecule has 0 spiro atoms. The van der Waals surface area contributed by atoms with E-state index in [2.05, 4.69) is 25.4 Å². The van der Waals surface area contributed by atoms with E-state index < -0.39 is 0 Å². The number of amides is 2. The van der Waals surface area contributed by atoms with Crippen LogP contribution in [0.1, 0.15) is 36.0 Å². The van der Waals surface area contributed by atoms with Crippen molar-refractivity contribution in [1.29, 1.82) is 0 Å². The van der Waals surface area contributed by atoms with Gasteiger partial charge in [-0.05, 0) is 64.0 Å². The van der Waals surface area contributed by atoms with Crippen LogP contribution in [0.5, 0.6) is 5.75 Å². The number of fused-ring (bicyclic) bond motifs is 1. The molecule has 0 radical (unpaired) electrons. The number of hydrogen-bond acceptors (Lipinski definition) is 8. The van der Waals surface area contributed by atoms with Crippen LogP contribution in [0.2, 0.25) is 0 Å². The Balaban J connectivity index is 1.51. The van der Waals surface area contributed by atoms with Crippen molar-refractivity contribution >= 4 is 35.0 Å². The smallest absolute Gasteiger partial charge is 0.251 e. The quantitative estimate of drug-likeness (QED) is 0.499. The van der Waals surface area contributed by atoms with Crippen LogP contribution in [0.3, 0.4) is 0 Å². The Kier molecular flexibility index (Phi) is 7.70. The van der Waals surface area contributed by atoms with Crippen LogP contribution in [-0.4, -0.2) is 81.1 Å². The Morgan fingerprint density at radius 3 is 2.80 bits per heavy atom. The summed E-state index contributed by atoms with van der Waals surface area (Å²) in [6, 6.07) is 5.25. The van der Waals surface area contributed by atoms with Crippen molar-refractivity contribution in [1.82, 2.24) is 20.2 Å². The highest BCUT2D eigenvalue weighted by Crippen LogP contribution is 2.36. The molecule has 0 atom stereocenters. The van der Waals surface area contributed by atoms with Crippen molar-refractivity contribution < 1.29 is 14.3 Å². The number of benzene rings is 1.